The lowest BCUT2D eigenvalue weighted by molar-refractivity contribution is -0.125. The van der Waals surface area contributed by atoms with Gasteiger partial charge in [-0.15, -0.1) is 0 Å². The third-order valence-electron chi connectivity index (χ3n) is 5.73. The van der Waals surface area contributed by atoms with Gasteiger partial charge in [-0.05, 0) is 25.0 Å². The van der Waals surface area contributed by atoms with Crippen molar-refractivity contribution in [3.63, 3.8) is 0 Å². The number of urea groups is 1. The summed E-state index contributed by atoms with van der Waals surface area (Å²) in [5, 5.41) is 4.83. The van der Waals surface area contributed by atoms with E-state index in [0.29, 0.717) is 29.9 Å². The number of benzene rings is 1. The van der Waals surface area contributed by atoms with Gasteiger partial charge in [0, 0.05) is 25.2 Å². The molecule has 1 fully saturated rings. The fourth-order valence-electron chi connectivity index (χ4n) is 4.13. The smallest absolute Gasteiger partial charge is 0.322 e. The van der Waals surface area contributed by atoms with E-state index in [-0.39, 0.29) is 30.2 Å². The molecular weight excluding hydrogens is 419 g/mol. The van der Waals surface area contributed by atoms with Crippen LogP contribution in [0.1, 0.15) is 41.3 Å². The van der Waals surface area contributed by atoms with E-state index in [1.165, 1.54) is 18.1 Å². The van der Waals surface area contributed by atoms with Crippen LogP contribution in [0.15, 0.2) is 27.6 Å². The Kier molecular flexibility index (Phi) is 5.45. The van der Waals surface area contributed by atoms with Crippen LogP contribution in [0.25, 0.3) is 0 Å². The van der Waals surface area contributed by atoms with E-state index in [1.807, 2.05) is 6.92 Å². The molecule has 1 saturated heterocycles. The average molecular weight is 442 g/mol. The zero-order valence-corrected chi connectivity index (χ0v) is 18.0. The summed E-state index contributed by atoms with van der Waals surface area (Å²) in [5.41, 5.74) is -0.667. The minimum absolute atomic E-state index is 0.0405. The van der Waals surface area contributed by atoms with Gasteiger partial charge in [-0.25, -0.2) is 9.18 Å². The normalized spacial score (nSPS) is 20.5. The van der Waals surface area contributed by atoms with Gasteiger partial charge >= 0.3 is 6.03 Å². The molecule has 0 spiro atoms. The molecule has 10 heteroatoms. The molecule has 0 aliphatic carbocycles. The number of rotatable bonds is 6. The summed E-state index contributed by atoms with van der Waals surface area (Å²) in [6, 6.07) is 4.01. The van der Waals surface area contributed by atoms with Gasteiger partial charge in [0.1, 0.15) is 17.2 Å². The molecule has 1 aromatic heterocycles. The van der Waals surface area contributed by atoms with Crippen LogP contribution >= 0.6 is 0 Å². The molecule has 4 rings (SSSR count). The van der Waals surface area contributed by atoms with Crippen molar-refractivity contribution in [3.8, 4) is 5.75 Å². The number of nitrogens with one attached hydrogen (secondary N) is 2. The minimum Gasteiger partial charge on any atom is -0.494 e. The number of carbonyl (C=O) groups excluding carboxylic acids is 3. The highest BCUT2D eigenvalue weighted by Gasteiger charge is 2.53. The number of fused-ring (bicyclic) bond motifs is 1. The molecule has 3 heterocycles. The van der Waals surface area contributed by atoms with Gasteiger partial charge in [-0.3, -0.25) is 19.9 Å². The third kappa shape index (κ3) is 3.31. The Morgan fingerprint density at radius 3 is 2.75 bits per heavy atom. The van der Waals surface area contributed by atoms with E-state index in [1.54, 1.807) is 25.3 Å². The molecule has 2 aliphatic heterocycles. The molecule has 9 nitrogen and oxygen atoms in total. The fraction of sp³-hybridized carbons (Fsp3) is 0.364. The maximum Gasteiger partial charge on any atom is 0.322 e. The fourth-order valence-corrected chi connectivity index (χ4v) is 4.13. The number of furan rings is 1. The first-order valence-electron chi connectivity index (χ1n) is 10.2. The number of methoxy groups -OCH3 is 1. The number of aryl methyl sites for hydroxylation is 1. The SMILES string of the molecule is CC=Nc1cc([C@]2(CN3CCc4ccc(OC)c(F)c4C3=O)NC(=O)NC2=O)oc1CC. The van der Waals surface area contributed by atoms with Crippen molar-refractivity contribution >= 4 is 29.7 Å². The van der Waals surface area contributed by atoms with Crippen LogP contribution in [0.3, 0.4) is 0 Å². The second-order valence-electron chi connectivity index (χ2n) is 7.57. The van der Waals surface area contributed by atoms with E-state index in [0.717, 1.165) is 0 Å². The van der Waals surface area contributed by atoms with Gasteiger partial charge in [-0.1, -0.05) is 13.0 Å². The lowest BCUT2D eigenvalue weighted by atomic mass is 9.92. The number of halogens is 1. The maximum absolute atomic E-state index is 14.9. The lowest BCUT2D eigenvalue weighted by Gasteiger charge is -2.35. The molecule has 4 amide bonds. The Morgan fingerprint density at radius 1 is 1.34 bits per heavy atom. The van der Waals surface area contributed by atoms with Crippen LogP contribution in [0.2, 0.25) is 0 Å². The average Bonchev–Trinajstić information content (AvgIpc) is 3.31. The van der Waals surface area contributed by atoms with Crippen LogP contribution < -0.4 is 15.4 Å². The number of amides is 4. The number of ether oxygens (including phenoxy) is 1. The first kappa shape index (κ1) is 21.5. The quantitative estimate of drug-likeness (QED) is 0.527. The van der Waals surface area contributed by atoms with Gasteiger partial charge in [0.25, 0.3) is 11.8 Å². The van der Waals surface area contributed by atoms with E-state index in [2.05, 4.69) is 15.6 Å². The van der Waals surface area contributed by atoms with Gasteiger partial charge in [0.05, 0.1) is 19.2 Å². The third-order valence-corrected chi connectivity index (χ3v) is 5.73. The van der Waals surface area contributed by atoms with Crippen molar-refractivity contribution in [2.45, 2.75) is 32.2 Å². The molecule has 0 unspecified atom stereocenters. The van der Waals surface area contributed by atoms with Crippen LogP contribution in [0, 0.1) is 5.82 Å². The van der Waals surface area contributed by atoms with Crippen LogP contribution in [0.5, 0.6) is 5.75 Å². The largest absolute Gasteiger partial charge is 0.494 e. The molecule has 0 saturated carbocycles. The Hall–Kier alpha value is -3.69. The molecular formula is C22H23FN4O5. The standard InChI is InChI=1S/C22H23FN4O5/c1-4-14-13(24-5-2)10-16(32-14)22(20(29)25-21(30)26-22)11-27-9-8-12-6-7-15(31-3)18(23)17(12)19(27)28/h5-7,10H,4,8-9,11H2,1-3H3,(H2,25,26,29,30)/t22-/m0/s1. The first-order chi connectivity index (χ1) is 15.3. The van der Waals surface area contributed by atoms with Gasteiger partial charge in [0.15, 0.2) is 17.1 Å². The van der Waals surface area contributed by atoms with E-state index in [9.17, 15) is 18.8 Å². The highest BCUT2D eigenvalue weighted by atomic mass is 19.1. The predicted molar refractivity (Wildman–Crippen MR) is 113 cm³/mol. The predicted octanol–water partition coefficient (Wildman–Crippen LogP) is 2.45. The maximum atomic E-state index is 14.9. The summed E-state index contributed by atoms with van der Waals surface area (Å²) in [4.78, 5) is 43.9. The summed E-state index contributed by atoms with van der Waals surface area (Å²) >= 11 is 0. The summed E-state index contributed by atoms with van der Waals surface area (Å²) < 4.78 is 25.8. The number of aliphatic imine (C=N–C) groups is 1. The number of nitrogens with zero attached hydrogens (tertiary/aromatic N) is 2. The summed E-state index contributed by atoms with van der Waals surface area (Å²) in [6.45, 7) is 3.63. The van der Waals surface area contributed by atoms with E-state index >= 15 is 0 Å². The van der Waals surface area contributed by atoms with Crippen LogP contribution in [-0.2, 0) is 23.2 Å². The Morgan fingerprint density at radius 2 is 2.12 bits per heavy atom. The number of carbonyl (C=O) groups is 3. The minimum atomic E-state index is -1.66. The summed E-state index contributed by atoms with van der Waals surface area (Å²) in [7, 11) is 1.32. The van der Waals surface area contributed by atoms with Gasteiger partial charge in [0.2, 0.25) is 0 Å². The highest BCUT2D eigenvalue weighted by molar-refractivity contribution is 6.08. The molecule has 0 radical (unpaired) electrons. The summed E-state index contributed by atoms with van der Waals surface area (Å²) in [5.74, 6) is -1.35. The highest BCUT2D eigenvalue weighted by Crippen LogP contribution is 2.36. The van der Waals surface area contributed by atoms with Crippen LogP contribution in [-0.4, -0.2) is 49.2 Å². The zero-order valence-electron chi connectivity index (χ0n) is 18.0. The van der Waals surface area contributed by atoms with Gasteiger partial charge in [-0.2, -0.15) is 0 Å². The second-order valence-corrected chi connectivity index (χ2v) is 7.57. The zero-order chi connectivity index (χ0) is 23.0. The van der Waals surface area contributed by atoms with Gasteiger partial charge < -0.3 is 19.4 Å². The van der Waals surface area contributed by atoms with Crippen LogP contribution in [0.4, 0.5) is 14.9 Å². The molecule has 2 N–H and O–H groups in total. The van der Waals surface area contributed by atoms with Crippen molar-refractivity contribution in [2.75, 3.05) is 20.2 Å². The second kappa shape index (κ2) is 8.10. The lowest BCUT2D eigenvalue weighted by Crippen LogP contribution is -2.55. The topological polar surface area (TPSA) is 113 Å². The first-order valence-corrected chi connectivity index (χ1v) is 10.2. The number of hydrogen-bond donors (Lipinski definition) is 2. The molecule has 1 atom stereocenters. The number of imide groups is 1. The Labute approximate surface area is 183 Å². The molecule has 168 valence electrons. The van der Waals surface area contributed by atoms with E-state index < -0.39 is 29.2 Å². The van der Waals surface area contributed by atoms with Crippen molar-refractivity contribution in [1.29, 1.82) is 0 Å². The summed E-state index contributed by atoms with van der Waals surface area (Å²) in [6.07, 6.45) is 2.49. The Balaban J connectivity index is 1.75. The molecule has 1 aromatic carbocycles. The monoisotopic (exact) mass is 442 g/mol. The molecule has 32 heavy (non-hydrogen) atoms. The van der Waals surface area contributed by atoms with Crippen molar-refractivity contribution < 1.29 is 27.9 Å². The molecule has 2 aliphatic rings. The molecule has 2 aromatic rings. The molecule has 0 bridgehead atoms. The van der Waals surface area contributed by atoms with Crippen molar-refractivity contribution in [3.05, 3.63) is 46.7 Å². The van der Waals surface area contributed by atoms with E-state index in [4.69, 9.17) is 9.15 Å². The Bertz CT molecular complexity index is 1140. The van der Waals surface area contributed by atoms with Crippen molar-refractivity contribution in [2.24, 2.45) is 4.99 Å². The van der Waals surface area contributed by atoms with Crippen molar-refractivity contribution in [1.82, 2.24) is 15.5 Å². The number of hydrogen-bond acceptors (Lipinski definition) is 6.